The van der Waals surface area contributed by atoms with Crippen molar-refractivity contribution < 1.29 is 38.5 Å². The van der Waals surface area contributed by atoms with Crippen LogP contribution in [-0.4, -0.2) is 41.7 Å². The first-order valence-corrected chi connectivity index (χ1v) is 8.01. The number of hydrogen-bond acceptors (Lipinski definition) is 7. The molecular formula is C18H22O8. The summed E-state index contributed by atoms with van der Waals surface area (Å²) in [5.41, 5.74) is 0.353. The van der Waals surface area contributed by atoms with Gasteiger partial charge in [0.2, 0.25) is 12.2 Å². The van der Waals surface area contributed by atoms with Crippen LogP contribution in [-0.2, 0) is 33.4 Å². The summed E-state index contributed by atoms with van der Waals surface area (Å²) >= 11 is 0. The monoisotopic (exact) mass is 366 g/mol. The molecule has 0 aliphatic carbocycles. The smallest absolute Gasteiger partial charge is 0.352 e. The lowest BCUT2D eigenvalue weighted by Crippen LogP contribution is -2.34. The average Bonchev–Trinajstić information content (AvgIpc) is 2.56. The van der Waals surface area contributed by atoms with Crippen LogP contribution in [0.2, 0.25) is 0 Å². The van der Waals surface area contributed by atoms with Crippen LogP contribution in [0.1, 0.15) is 38.9 Å². The van der Waals surface area contributed by atoms with Crippen molar-refractivity contribution in [3.05, 3.63) is 35.9 Å². The first kappa shape index (κ1) is 21.1. The molecule has 1 N–H and O–H groups in total. The van der Waals surface area contributed by atoms with Crippen LogP contribution in [0.5, 0.6) is 0 Å². The molecule has 1 rings (SSSR count). The number of carbonyl (C=O) groups excluding carboxylic acids is 3. The summed E-state index contributed by atoms with van der Waals surface area (Å²) in [5.74, 6) is -4.06. The van der Waals surface area contributed by atoms with E-state index in [4.69, 9.17) is 19.3 Å². The molecule has 0 spiro atoms. The maximum absolute atomic E-state index is 12.3. The number of aliphatic carboxylic acids is 1. The van der Waals surface area contributed by atoms with Gasteiger partial charge in [-0.05, 0) is 5.92 Å². The fraction of sp³-hybridized carbons (Fsp3) is 0.444. The summed E-state index contributed by atoms with van der Waals surface area (Å²) in [4.78, 5) is 46.6. The number of ether oxygens (including phenoxy) is 3. The number of hydrogen-bond donors (Lipinski definition) is 1. The Labute approximate surface area is 151 Å². The average molecular weight is 366 g/mol. The molecule has 0 heterocycles. The fourth-order valence-corrected chi connectivity index (χ4v) is 1.93. The Balaban J connectivity index is 2.98. The van der Waals surface area contributed by atoms with Gasteiger partial charge in [-0.15, -0.1) is 0 Å². The summed E-state index contributed by atoms with van der Waals surface area (Å²) in [5, 5.41) is 8.86. The van der Waals surface area contributed by atoms with E-state index in [-0.39, 0.29) is 12.5 Å². The number of carboxylic acid groups (broad SMARTS) is 1. The molecular weight excluding hydrogens is 344 g/mol. The van der Waals surface area contributed by atoms with E-state index in [0.717, 1.165) is 6.92 Å². The first-order chi connectivity index (χ1) is 12.2. The lowest BCUT2D eigenvalue weighted by Gasteiger charge is -2.21. The van der Waals surface area contributed by atoms with Gasteiger partial charge in [-0.25, -0.2) is 9.59 Å². The van der Waals surface area contributed by atoms with Crippen molar-refractivity contribution >= 4 is 23.9 Å². The van der Waals surface area contributed by atoms with Gasteiger partial charge in [-0.1, -0.05) is 44.2 Å². The van der Waals surface area contributed by atoms with E-state index in [9.17, 15) is 19.2 Å². The Morgan fingerprint density at radius 1 is 1.00 bits per heavy atom. The van der Waals surface area contributed by atoms with Crippen LogP contribution in [0.4, 0.5) is 0 Å². The third-order valence-electron chi connectivity index (χ3n) is 3.04. The van der Waals surface area contributed by atoms with Crippen molar-refractivity contribution in [2.45, 2.75) is 39.4 Å². The summed E-state index contributed by atoms with van der Waals surface area (Å²) in [6.07, 6.45) is -3.83. The summed E-state index contributed by atoms with van der Waals surface area (Å²) in [7, 11) is 0. The van der Waals surface area contributed by atoms with Crippen molar-refractivity contribution in [1.29, 1.82) is 0 Å². The van der Waals surface area contributed by atoms with Crippen LogP contribution >= 0.6 is 0 Å². The zero-order valence-electron chi connectivity index (χ0n) is 14.8. The summed E-state index contributed by atoms with van der Waals surface area (Å²) in [6.45, 7) is 4.86. The van der Waals surface area contributed by atoms with Gasteiger partial charge in [0.25, 0.3) is 0 Å². The second-order valence-corrected chi connectivity index (χ2v) is 5.95. The molecule has 26 heavy (non-hydrogen) atoms. The van der Waals surface area contributed by atoms with E-state index in [2.05, 4.69) is 0 Å². The topological polar surface area (TPSA) is 116 Å². The molecule has 0 unspecified atom stereocenters. The first-order valence-electron chi connectivity index (χ1n) is 8.01. The van der Waals surface area contributed by atoms with Gasteiger partial charge in [-0.2, -0.15) is 0 Å². The molecule has 0 radical (unpaired) electrons. The van der Waals surface area contributed by atoms with E-state index >= 15 is 0 Å². The Kier molecular flexibility index (Phi) is 8.27. The minimum atomic E-state index is -1.66. The Morgan fingerprint density at radius 3 is 2.12 bits per heavy atom. The van der Waals surface area contributed by atoms with Gasteiger partial charge in [0.15, 0.2) is 0 Å². The van der Waals surface area contributed by atoms with E-state index in [1.54, 1.807) is 30.3 Å². The minimum absolute atomic E-state index is 0.0758. The van der Waals surface area contributed by atoms with Gasteiger partial charge in [-0.3, -0.25) is 9.59 Å². The molecule has 0 bridgehead atoms. The highest BCUT2D eigenvalue weighted by Gasteiger charge is 2.33. The highest BCUT2D eigenvalue weighted by atomic mass is 16.6. The highest BCUT2D eigenvalue weighted by Crippen LogP contribution is 2.21. The quantitative estimate of drug-likeness (QED) is 0.520. The van der Waals surface area contributed by atoms with E-state index < -0.39 is 42.5 Å². The third kappa shape index (κ3) is 7.33. The number of benzene rings is 1. The SMILES string of the molecule is CC(=O)O[C@@H](CC(=O)O)C(=O)O[C@H](C(=O)OCC(C)C)c1ccccc1. The van der Waals surface area contributed by atoms with Crippen molar-refractivity contribution in [3.8, 4) is 0 Å². The van der Waals surface area contributed by atoms with Crippen LogP contribution in [0.3, 0.4) is 0 Å². The number of rotatable bonds is 9. The summed E-state index contributed by atoms with van der Waals surface area (Å²) < 4.78 is 15.0. The molecule has 0 fully saturated rings. The van der Waals surface area contributed by atoms with Crippen LogP contribution in [0, 0.1) is 5.92 Å². The largest absolute Gasteiger partial charge is 0.481 e. The Bertz CT molecular complexity index is 622. The van der Waals surface area contributed by atoms with E-state index in [0.29, 0.717) is 5.56 Å². The second kappa shape index (κ2) is 10.2. The molecule has 1 aromatic rings. The maximum Gasteiger partial charge on any atom is 0.352 e. The zero-order chi connectivity index (χ0) is 19.7. The molecule has 0 saturated carbocycles. The van der Waals surface area contributed by atoms with Crippen LogP contribution in [0.15, 0.2) is 30.3 Å². The maximum atomic E-state index is 12.3. The number of carbonyl (C=O) groups is 4. The lowest BCUT2D eigenvalue weighted by molar-refractivity contribution is -0.180. The van der Waals surface area contributed by atoms with Gasteiger partial charge >= 0.3 is 23.9 Å². The van der Waals surface area contributed by atoms with Gasteiger partial charge < -0.3 is 19.3 Å². The lowest BCUT2D eigenvalue weighted by atomic mass is 10.1. The molecule has 0 amide bonds. The van der Waals surface area contributed by atoms with Crippen molar-refractivity contribution in [1.82, 2.24) is 0 Å². The Hall–Kier alpha value is -2.90. The normalized spacial score (nSPS) is 12.8. The molecule has 8 heteroatoms. The standard InChI is InChI=1S/C18H22O8/c1-11(2)10-24-18(23)16(13-7-5-4-6-8-13)26-17(22)14(9-15(20)21)25-12(3)19/h4-8,11,14,16H,9-10H2,1-3H3,(H,20,21)/t14-,16-/m0/s1. The molecule has 1 aromatic carbocycles. The molecule has 0 saturated heterocycles. The predicted octanol–water partition coefficient (Wildman–Crippen LogP) is 1.88. The van der Waals surface area contributed by atoms with E-state index in [1.165, 1.54) is 0 Å². The molecule has 142 valence electrons. The van der Waals surface area contributed by atoms with Crippen molar-refractivity contribution in [2.75, 3.05) is 6.61 Å². The summed E-state index contributed by atoms with van der Waals surface area (Å²) in [6, 6.07) is 8.13. The van der Waals surface area contributed by atoms with Crippen LogP contribution < -0.4 is 0 Å². The van der Waals surface area contributed by atoms with Crippen LogP contribution in [0.25, 0.3) is 0 Å². The van der Waals surface area contributed by atoms with Gasteiger partial charge in [0.1, 0.15) is 0 Å². The molecule has 0 aliphatic heterocycles. The van der Waals surface area contributed by atoms with Crippen molar-refractivity contribution in [3.63, 3.8) is 0 Å². The zero-order valence-corrected chi connectivity index (χ0v) is 14.8. The molecule has 0 aliphatic rings. The molecule has 2 atom stereocenters. The highest BCUT2D eigenvalue weighted by molar-refractivity contribution is 5.86. The second-order valence-electron chi connectivity index (χ2n) is 5.95. The molecule has 0 aromatic heterocycles. The number of carboxylic acids is 1. The third-order valence-corrected chi connectivity index (χ3v) is 3.04. The van der Waals surface area contributed by atoms with E-state index in [1.807, 2.05) is 13.8 Å². The van der Waals surface area contributed by atoms with Crippen molar-refractivity contribution in [2.24, 2.45) is 5.92 Å². The molecule has 8 nitrogen and oxygen atoms in total. The Morgan fingerprint density at radius 2 is 1.62 bits per heavy atom. The number of esters is 3. The van der Waals surface area contributed by atoms with Gasteiger partial charge in [0.05, 0.1) is 13.0 Å². The minimum Gasteiger partial charge on any atom is -0.481 e. The van der Waals surface area contributed by atoms with Gasteiger partial charge in [0, 0.05) is 12.5 Å². The fourth-order valence-electron chi connectivity index (χ4n) is 1.93. The predicted molar refractivity (Wildman–Crippen MR) is 88.9 cm³/mol.